The lowest BCUT2D eigenvalue weighted by Gasteiger charge is -1.58. The molecule has 4 heteroatoms. The molecule has 0 saturated carbocycles. The Morgan fingerprint density at radius 2 is 2.71 bits per heavy atom. The molecule has 0 saturated heterocycles. The van der Waals surface area contributed by atoms with Crippen LogP contribution in [0.4, 0.5) is 0 Å². The lowest BCUT2D eigenvalue weighted by Crippen LogP contribution is -1.62. The van der Waals surface area contributed by atoms with Gasteiger partial charge in [0, 0.05) is 0 Å². The van der Waals surface area contributed by atoms with Crippen LogP contribution in [0, 0.1) is 17.7 Å². The van der Waals surface area contributed by atoms with Crippen LogP contribution in [-0.4, -0.2) is 9.36 Å². The highest BCUT2D eigenvalue weighted by Crippen LogP contribution is 1.92. The van der Waals surface area contributed by atoms with Gasteiger partial charge in [0.25, 0.3) is 0 Å². The Morgan fingerprint density at radius 3 is 3.00 bits per heavy atom. The first-order valence-electron chi connectivity index (χ1n) is 1.53. The first kappa shape index (κ1) is 4.22. The third-order valence-electron chi connectivity index (χ3n) is 0.420. The van der Waals surface area contributed by atoms with E-state index in [1.807, 2.05) is 6.07 Å². The van der Waals surface area contributed by atoms with Gasteiger partial charge in [-0.05, 0) is 11.5 Å². The average molecular weight is 110 g/mol. The minimum Gasteiger partial charge on any atom is -0.201 e. The molecule has 0 spiro atoms. The summed E-state index contributed by atoms with van der Waals surface area (Å²) in [6, 6.07) is 1.82. The van der Waals surface area contributed by atoms with Crippen molar-refractivity contribution in [1.29, 1.82) is 5.26 Å². The van der Waals surface area contributed by atoms with E-state index in [0.717, 1.165) is 11.5 Å². The third kappa shape index (κ3) is 0.725. The van der Waals surface area contributed by atoms with Crippen molar-refractivity contribution >= 4 is 11.5 Å². The van der Waals surface area contributed by atoms with Gasteiger partial charge in [-0.3, -0.25) is 0 Å². The van der Waals surface area contributed by atoms with Crippen molar-refractivity contribution in [3.05, 3.63) is 11.3 Å². The van der Waals surface area contributed by atoms with Crippen LogP contribution in [0.15, 0.2) is 0 Å². The zero-order valence-electron chi connectivity index (χ0n) is 3.25. The zero-order valence-corrected chi connectivity index (χ0v) is 4.07. The van der Waals surface area contributed by atoms with Crippen molar-refractivity contribution in [3.63, 3.8) is 0 Å². The molecule has 33 valence electrons. The van der Waals surface area contributed by atoms with E-state index in [2.05, 4.69) is 15.7 Å². The van der Waals surface area contributed by atoms with Crippen LogP contribution in [-0.2, 0) is 0 Å². The summed E-state index contributed by atoms with van der Waals surface area (Å²) in [5, 5.41) is 8.43. The third-order valence-corrected chi connectivity index (χ3v) is 0.949. The van der Waals surface area contributed by atoms with E-state index < -0.39 is 0 Å². The highest BCUT2D eigenvalue weighted by Gasteiger charge is 1.87. The number of nitrogens with zero attached hydrogens (tertiary/aromatic N) is 3. The molecule has 1 aromatic heterocycles. The van der Waals surface area contributed by atoms with Crippen LogP contribution in [0.25, 0.3) is 0 Å². The molecule has 3 nitrogen and oxygen atoms in total. The van der Waals surface area contributed by atoms with Gasteiger partial charge in [0.1, 0.15) is 6.07 Å². The van der Waals surface area contributed by atoms with Gasteiger partial charge in [-0.1, -0.05) is 0 Å². The standard InChI is InChI=1S/C3N3S/c4-1-3-5-2-6-7-3. The quantitative estimate of drug-likeness (QED) is 0.479. The molecule has 0 aromatic carbocycles. The molecule has 0 fully saturated rings. The maximum Gasteiger partial charge on any atom is 0.214 e. The number of aromatic nitrogens is 2. The molecule has 0 atom stereocenters. The highest BCUT2D eigenvalue weighted by atomic mass is 32.1. The van der Waals surface area contributed by atoms with Crippen LogP contribution in [0.3, 0.4) is 0 Å². The van der Waals surface area contributed by atoms with E-state index in [-0.39, 0.29) is 0 Å². The van der Waals surface area contributed by atoms with Gasteiger partial charge in [0.05, 0.1) is 0 Å². The molecule has 1 rings (SSSR count). The first-order chi connectivity index (χ1) is 3.43. The Hall–Kier alpha value is -0.950. The Labute approximate surface area is 44.4 Å². The van der Waals surface area contributed by atoms with Crippen LogP contribution in [0.1, 0.15) is 5.01 Å². The van der Waals surface area contributed by atoms with Crippen LogP contribution in [0.5, 0.6) is 0 Å². The SMILES string of the molecule is N#Cc1n[c]ns1. The van der Waals surface area contributed by atoms with E-state index in [0.29, 0.717) is 5.01 Å². The van der Waals surface area contributed by atoms with Gasteiger partial charge in [-0.25, -0.2) is 4.98 Å². The molecule has 0 bridgehead atoms. The zero-order chi connectivity index (χ0) is 5.11. The van der Waals surface area contributed by atoms with Crippen molar-refractivity contribution in [2.45, 2.75) is 0 Å². The van der Waals surface area contributed by atoms with Crippen molar-refractivity contribution in [2.75, 3.05) is 0 Å². The van der Waals surface area contributed by atoms with Gasteiger partial charge in [-0.2, -0.15) is 9.64 Å². The second-order valence-electron chi connectivity index (χ2n) is 0.811. The molecule has 0 aliphatic heterocycles. The highest BCUT2D eigenvalue weighted by molar-refractivity contribution is 7.05. The van der Waals surface area contributed by atoms with Crippen molar-refractivity contribution < 1.29 is 0 Å². The number of hydrogen-bond donors (Lipinski definition) is 0. The van der Waals surface area contributed by atoms with E-state index >= 15 is 0 Å². The Kier molecular flexibility index (Phi) is 1.00. The minimum absolute atomic E-state index is 0.361. The summed E-state index contributed by atoms with van der Waals surface area (Å²) in [5.74, 6) is 0. The summed E-state index contributed by atoms with van der Waals surface area (Å²) in [6.07, 6.45) is 2.28. The fourth-order valence-corrected chi connectivity index (χ4v) is 0.486. The summed E-state index contributed by atoms with van der Waals surface area (Å²) in [7, 11) is 0. The molecule has 1 radical (unpaired) electrons. The molecule has 1 aromatic rings. The van der Waals surface area contributed by atoms with Gasteiger partial charge in [0.15, 0.2) is 0 Å². The smallest absolute Gasteiger partial charge is 0.201 e. The molecular formula is C3N3S. The maximum absolute atomic E-state index is 8.06. The van der Waals surface area contributed by atoms with Crippen LogP contribution < -0.4 is 0 Å². The number of hydrogen-bond acceptors (Lipinski definition) is 4. The molecule has 0 aliphatic carbocycles. The summed E-state index contributed by atoms with van der Waals surface area (Å²) in [5.41, 5.74) is 0. The fraction of sp³-hybridized carbons (Fsp3) is 0. The van der Waals surface area contributed by atoms with E-state index in [4.69, 9.17) is 5.26 Å². The number of nitriles is 1. The van der Waals surface area contributed by atoms with Crippen molar-refractivity contribution in [2.24, 2.45) is 0 Å². The molecule has 0 amide bonds. The van der Waals surface area contributed by atoms with E-state index in [1.165, 1.54) is 0 Å². The molecule has 0 unspecified atom stereocenters. The largest absolute Gasteiger partial charge is 0.214 e. The lowest BCUT2D eigenvalue weighted by atomic mass is 10.8. The predicted octanol–water partition coefficient (Wildman–Crippen LogP) is 0.210. The molecule has 0 N–H and O–H groups in total. The summed E-state index contributed by atoms with van der Waals surface area (Å²) in [4.78, 5) is 3.46. The van der Waals surface area contributed by atoms with Crippen molar-refractivity contribution in [3.8, 4) is 6.07 Å². The Morgan fingerprint density at radius 1 is 1.86 bits per heavy atom. The normalized spacial score (nSPS) is 7.86. The topological polar surface area (TPSA) is 49.6 Å². The van der Waals surface area contributed by atoms with Gasteiger partial charge < -0.3 is 0 Å². The van der Waals surface area contributed by atoms with Gasteiger partial charge >= 0.3 is 0 Å². The molecule has 0 aliphatic rings. The average Bonchev–Trinajstić information content (AvgIpc) is 2.14. The predicted molar refractivity (Wildman–Crippen MR) is 23.5 cm³/mol. The minimum atomic E-state index is 0.361. The fourth-order valence-electron chi connectivity index (χ4n) is 0.195. The second kappa shape index (κ2) is 1.67. The number of rotatable bonds is 0. The first-order valence-corrected chi connectivity index (χ1v) is 2.30. The Bertz CT molecular complexity index is 173. The van der Waals surface area contributed by atoms with Gasteiger partial charge in [0.2, 0.25) is 11.3 Å². The second-order valence-corrected chi connectivity index (χ2v) is 1.56. The molecule has 7 heavy (non-hydrogen) atoms. The monoisotopic (exact) mass is 110 g/mol. The maximum atomic E-state index is 8.06. The molecular weight excluding hydrogens is 110 g/mol. The summed E-state index contributed by atoms with van der Waals surface area (Å²) >= 11 is 1.05. The summed E-state index contributed by atoms with van der Waals surface area (Å²) < 4.78 is 3.48. The van der Waals surface area contributed by atoms with E-state index in [1.54, 1.807) is 0 Å². The Balaban J connectivity index is 3.04. The van der Waals surface area contributed by atoms with Crippen LogP contribution in [0.2, 0.25) is 0 Å². The van der Waals surface area contributed by atoms with Gasteiger partial charge in [-0.15, -0.1) is 0 Å². The van der Waals surface area contributed by atoms with E-state index in [9.17, 15) is 0 Å². The molecule has 1 heterocycles. The lowest BCUT2D eigenvalue weighted by molar-refractivity contribution is 1.28. The van der Waals surface area contributed by atoms with Crippen LogP contribution >= 0.6 is 11.5 Å². The van der Waals surface area contributed by atoms with Crippen molar-refractivity contribution in [1.82, 2.24) is 9.36 Å². The summed E-state index contributed by atoms with van der Waals surface area (Å²) in [6.45, 7) is 0.